The molecule has 0 saturated heterocycles. The third-order valence-corrected chi connectivity index (χ3v) is 3.64. The van der Waals surface area contributed by atoms with Crippen molar-refractivity contribution in [2.24, 2.45) is 0 Å². The van der Waals surface area contributed by atoms with Crippen molar-refractivity contribution in [2.45, 2.75) is 6.92 Å². The van der Waals surface area contributed by atoms with Gasteiger partial charge in [-0.2, -0.15) is 0 Å². The second-order valence-electron chi connectivity index (χ2n) is 3.90. The van der Waals surface area contributed by atoms with Gasteiger partial charge in [0.15, 0.2) is 0 Å². The third kappa shape index (κ3) is 3.43. The highest BCUT2D eigenvalue weighted by atomic mass is 35.5. The van der Waals surface area contributed by atoms with E-state index >= 15 is 0 Å². The highest BCUT2D eigenvalue weighted by Crippen LogP contribution is 2.24. The summed E-state index contributed by atoms with van der Waals surface area (Å²) in [6.45, 7) is 1.88. The van der Waals surface area contributed by atoms with E-state index in [9.17, 15) is 4.79 Å². The molecule has 0 aliphatic heterocycles. The molecule has 98 valence electrons. The summed E-state index contributed by atoms with van der Waals surface area (Å²) in [5.74, 6) is -0.408. The van der Waals surface area contributed by atoms with Crippen LogP contribution in [0.2, 0.25) is 5.02 Å². The second-order valence-corrected chi connectivity index (χ2v) is 5.19. The van der Waals surface area contributed by atoms with Gasteiger partial charge in [0.1, 0.15) is 5.01 Å². The molecule has 1 aromatic carbocycles. The van der Waals surface area contributed by atoms with Crippen molar-refractivity contribution in [3.05, 3.63) is 50.9 Å². The molecule has 0 unspecified atom stereocenters. The number of hydrogen-bond acceptors (Lipinski definition) is 4. The van der Waals surface area contributed by atoms with Crippen LogP contribution in [0.5, 0.6) is 0 Å². The average Bonchev–Trinajstić information content (AvgIpc) is 2.81. The first kappa shape index (κ1) is 13.8. The number of carbonyl (C=O) groups excluding carboxylic acids is 1. The third-order valence-electron chi connectivity index (χ3n) is 2.41. The van der Waals surface area contributed by atoms with Gasteiger partial charge in [0.05, 0.1) is 12.7 Å². The summed E-state index contributed by atoms with van der Waals surface area (Å²) in [5, 5.41) is 3.15. The lowest BCUT2D eigenvalue weighted by Gasteiger charge is -2.02. The number of nitrogens with zero attached hydrogens (tertiary/aromatic N) is 1. The zero-order valence-electron chi connectivity index (χ0n) is 10.5. The maximum atomic E-state index is 11.9. The summed E-state index contributed by atoms with van der Waals surface area (Å²) in [4.78, 5) is 16.2. The number of aromatic nitrogens is 1. The largest absolute Gasteiger partial charge is 0.465 e. The van der Waals surface area contributed by atoms with Crippen LogP contribution >= 0.6 is 22.9 Å². The summed E-state index contributed by atoms with van der Waals surface area (Å²) in [6, 6.07) is 7.26. The summed E-state index contributed by atoms with van der Waals surface area (Å²) in [6.07, 6.45) is 1.73. The number of esters is 1. The van der Waals surface area contributed by atoms with E-state index in [1.54, 1.807) is 18.2 Å². The van der Waals surface area contributed by atoms with Crippen molar-refractivity contribution in [1.82, 2.24) is 4.98 Å². The Hall–Kier alpha value is -1.65. The van der Waals surface area contributed by atoms with E-state index in [2.05, 4.69) is 4.98 Å². The predicted molar refractivity (Wildman–Crippen MR) is 78.2 cm³/mol. The number of thiazole rings is 1. The molecule has 0 aliphatic carbocycles. The van der Waals surface area contributed by atoms with Crippen LogP contribution in [0.25, 0.3) is 11.6 Å². The fourth-order valence-electron chi connectivity index (χ4n) is 1.56. The minimum atomic E-state index is -0.408. The normalized spacial score (nSPS) is 11.4. The Morgan fingerprint density at radius 3 is 2.84 bits per heavy atom. The number of ether oxygens (including phenoxy) is 1. The lowest BCUT2D eigenvalue weighted by Crippen LogP contribution is -2.03. The van der Waals surface area contributed by atoms with Crippen LogP contribution in [0.1, 0.15) is 16.3 Å². The Morgan fingerprint density at radius 2 is 2.26 bits per heavy atom. The first-order valence-electron chi connectivity index (χ1n) is 5.58. The molecule has 0 saturated carbocycles. The van der Waals surface area contributed by atoms with Crippen molar-refractivity contribution in [3.63, 3.8) is 0 Å². The van der Waals surface area contributed by atoms with E-state index < -0.39 is 5.97 Å². The molecular formula is C14H12ClNO2S. The fraction of sp³-hybridized carbons (Fsp3) is 0.143. The lowest BCUT2D eigenvalue weighted by atomic mass is 10.1. The summed E-state index contributed by atoms with van der Waals surface area (Å²) in [7, 11) is 1.36. The van der Waals surface area contributed by atoms with Crippen molar-refractivity contribution in [2.75, 3.05) is 7.11 Å². The smallest absolute Gasteiger partial charge is 0.340 e. The van der Waals surface area contributed by atoms with Gasteiger partial charge in [0.2, 0.25) is 0 Å². The minimum absolute atomic E-state index is 0.408. The average molecular weight is 294 g/mol. The molecule has 0 radical (unpaired) electrons. The fourth-order valence-corrected chi connectivity index (χ4v) is 2.56. The Balaban J connectivity index is 2.46. The molecule has 0 fully saturated rings. The number of aryl methyl sites for hydroxylation is 1. The summed E-state index contributed by atoms with van der Waals surface area (Å²) >= 11 is 7.34. The van der Waals surface area contributed by atoms with E-state index in [0.717, 1.165) is 11.3 Å². The lowest BCUT2D eigenvalue weighted by molar-refractivity contribution is -0.133. The van der Waals surface area contributed by atoms with Gasteiger partial charge in [-0.25, -0.2) is 9.78 Å². The van der Waals surface area contributed by atoms with Crippen LogP contribution < -0.4 is 0 Å². The highest BCUT2D eigenvalue weighted by Gasteiger charge is 2.15. The van der Waals surface area contributed by atoms with E-state index in [0.29, 0.717) is 15.6 Å². The molecule has 2 rings (SSSR count). The van der Waals surface area contributed by atoms with E-state index in [-0.39, 0.29) is 0 Å². The number of carbonyl (C=O) groups is 1. The number of halogens is 1. The maximum absolute atomic E-state index is 11.9. The van der Waals surface area contributed by atoms with Crippen molar-refractivity contribution >= 4 is 40.6 Å². The topological polar surface area (TPSA) is 39.2 Å². The highest BCUT2D eigenvalue weighted by molar-refractivity contribution is 7.11. The molecule has 5 heteroatoms. The molecule has 3 nitrogen and oxygen atoms in total. The van der Waals surface area contributed by atoms with Gasteiger partial charge in [0.25, 0.3) is 0 Å². The Morgan fingerprint density at radius 1 is 1.47 bits per heavy atom. The van der Waals surface area contributed by atoms with Crippen LogP contribution in [0, 0.1) is 6.92 Å². The van der Waals surface area contributed by atoms with Gasteiger partial charge in [-0.15, -0.1) is 11.3 Å². The molecule has 0 amide bonds. The zero-order chi connectivity index (χ0) is 13.8. The number of rotatable bonds is 3. The number of methoxy groups -OCH3 is 1. The maximum Gasteiger partial charge on any atom is 0.340 e. The van der Waals surface area contributed by atoms with Gasteiger partial charge in [0, 0.05) is 16.1 Å². The molecule has 2 aromatic rings. The molecule has 0 bridgehead atoms. The van der Waals surface area contributed by atoms with Gasteiger partial charge in [-0.05, 0) is 30.7 Å². The van der Waals surface area contributed by atoms with Crippen LogP contribution in [-0.4, -0.2) is 18.1 Å². The zero-order valence-corrected chi connectivity index (χ0v) is 12.1. The molecular weight excluding hydrogens is 282 g/mol. The number of hydrogen-bond donors (Lipinski definition) is 0. The van der Waals surface area contributed by atoms with Gasteiger partial charge in [-0.3, -0.25) is 0 Å². The predicted octanol–water partition coefficient (Wildman–Crippen LogP) is 3.82. The standard InChI is InChI=1S/C14H12ClNO2S/c1-9-8-19-13(16-9)12(14(17)18-2)7-10-4-3-5-11(15)6-10/h3-8H,1-2H3/b12-7-. The first-order chi connectivity index (χ1) is 9.10. The molecule has 1 aromatic heterocycles. The van der Waals surface area contributed by atoms with Gasteiger partial charge >= 0.3 is 5.97 Å². The summed E-state index contributed by atoms with van der Waals surface area (Å²) < 4.78 is 4.80. The molecule has 1 heterocycles. The van der Waals surface area contributed by atoms with E-state index in [1.165, 1.54) is 18.4 Å². The Kier molecular flexibility index (Phi) is 4.35. The van der Waals surface area contributed by atoms with Crippen molar-refractivity contribution in [1.29, 1.82) is 0 Å². The Bertz CT molecular complexity index is 634. The minimum Gasteiger partial charge on any atom is -0.465 e. The molecule has 0 atom stereocenters. The Labute approximate surface area is 120 Å². The van der Waals surface area contributed by atoms with Crippen LogP contribution in [-0.2, 0) is 9.53 Å². The van der Waals surface area contributed by atoms with Gasteiger partial charge < -0.3 is 4.74 Å². The number of benzene rings is 1. The van der Waals surface area contributed by atoms with E-state index in [1.807, 2.05) is 24.4 Å². The monoisotopic (exact) mass is 293 g/mol. The SMILES string of the molecule is COC(=O)/C(=C\c1cccc(Cl)c1)c1nc(C)cs1. The molecule has 19 heavy (non-hydrogen) atoms. The summed E-state index contributed by atoms with van der Waals surface area (Å²) in [5.41, 5.74) is 2.14. The molecule has 0 aliphatic rings. The molecule has 0 spiro atoms. The van der Waals surface area contributed by atoms with Crippen LogP contribution in [0.15, 0.2) is 29.6 Å². The first-order valence-corrected chi connectivity index (χ1v) is 6.84. The second kappa shape index (κ2) is 5.99. The van der Waals surface area contributed by atoms with Crippen molar-refractivity contribution in [3.8, 4) is 0 Å². The van der Waals surface area contributed by atoms with Crippen molar-refractivity contribution < 1.29 is 9.53 Å². The van der Waals surface area contributed by atoms with Gasteiger partial charge in [-0.1, -0.05) is 23.7 Å². The quantitative estimate of drug-likeness (QED) is 0.638. The van der Waals surface area contributed by atoms with Crippen LogP contribution in [0.4, 0.5) is 0 Å². The van der Waals surface area contributed by atoms with Crippen LogP contribution in [0.3, 0.4) is 0 Å². The molecule has 0 N–H and O–H groups in total. The van der Waals surface area contributed by atoms with E-state index in [4.69, 9.17) is 16.3 Å².